The first-order chi connectivity index (χ1) is 12.2. The van der Waals surface area contributed by atoms with E-state index in [0.29, 0.717) is 5.82 Å². The second-order valence-corrected chi connectivity index (χ2v) is 8.76. The zero-order valence-electron chi connectivity index (χ0n) is 15.9. The van der Waals surface area contributed by atoms with Crippen molar-refractivity contribution in [3.63, 3.8) is 0 Å². The number of tetrazole rings is 1. The Labute approximate surface area is 155 Å². The first kappa shape index (κ1) is 20.3. The Balaban J connectivity index is 0.000000209. The molecule has 1 aliphatic carbocycles. The monoisotopic (exact) mass is 381 g/mol. The highest BCUT2D eigenvalue weighted by Crippen LogP contribution is 2.27. The minimum atomic E-state index is -2.94. The molecule has 1 N–H and O–H groups in total. The quantitative estimate of drug-likeness (QED) is 0.825. The van der Waals surface area contributed by atoms with Gasteiger partial charge in [-0.2, -0.15) is 4.80 Å². The largest absolute Gasteiger partial charge is 0.497 e. The third-order valence-electron chi connectivity index (χ3n) is 3.60. The first-order valence-electron chi connectivity index (χ1n) is 8.68. The molecule has 1 aliphatic rings. The second-order valence-electron chi connectivity index (χ2n) is 6.77. The van der Waals surface area contributed by atoms with E-state index in [4.69, 9.17) is 4.74 Å². The van der Waals surface area contributed by atoms with Crippen LogP contribution in [0.4, 0.5) is 0 Å². The lowest BCUT2D eigenvalue weighted by Gasteiger charge is -2.07. The topological polar surface area (TPSA) is 99.0 Å². The van der Waals surface area contributed by atoms with E-state index in [0.717, 1.165) is 24.2 Å². The van der Waals surface area contributed by atoms with E-state index in [1.165, 1.54) is 0 Å². The predicted molar refractivity (Wildman–Crippen MR) is 100 cm³/mol. The fourth-order valence-electron chi connectivity index (χ4n) is 2.10. The number of rotatable bonds is 6. The van der Waals surface area contributed by atoms with Gasteiger partial charge < -0.3 is 4.74 Å². The summed E-state index contributed by atoms with van der Waals surface area (Å²) in [5, 5.41) is 12.2. The molecule has 2 aromatic rings. The maximum atomic E-state index is 11.1. The SMILES string of the molecule is CC(C)NS(=O)(=O)C1CC1.COc1ccc(-c2nnn(C(C)C)n2)cc1. The van der Waals surface area contributed by atoms with E-state index in [1.54, 1.807) is 11.9 Å². The van der Waals surface area contributed by atoms with Gasteiger partial charge >= 0.3 is 0 Å². The fourth-order valence-corrected chi connectivity index (χ4v) is 3.71. The van der Waals surface area contributed by atoms with Crippen molar-refractivity contribution >= 4 is 10.0 Å². The van der Waals surface area contributed by atoms with Crippen LogP contribution in [0.25, 0.3) is 11.4 Å². The van der Waals surface area contributed by atoms with Gasteiger partial charge in [0, 0.05) is 11.6 Å². The lowest BCUT2D eigenvalue weighted by molar-refractivity contribution is 0.415. The van der Waals surface area contributed by atoms with Gasteiger partial charge in [-0.05, 0) is 70.0 Å². The minimum absolute atomic E-state index is 0.0330. The van der Waals surface area contributed by atoms with Gasteiger partial charge in [0.1, 0.15) is 5.75 Å². The normalized spacial score (nSPS) is 14.3. The molecule has 9 heteroatoms. The molecule has 1 heterocycles. The Morgan fingerprint density at radius 1 is 1.15 bits per heavy atom. The van der Waals surface area contributed by atoms with Crippen LogP contribution < -0.4 is 9.46 Å². The number of sulfonamides is 1. The number of aromatic nitrogens is 4. The zero-order chi connectivity index (χ0) is 19.3. The third-order valence-corrected chi connectivity index (χ3v) is 5.75. The maximum absolute atomic E-state index is 11.1. The lowest BCUT2D eigenvalue weighted by Crippen LogP contribution is -2.32. The fraction of sp³-hybridized carbons (Fsp3) is 0.588. The predicted octanol–water partition coefficient (Wildman–Crippen LogP) is 2.41. The van der Waals surface area contributed by atoms with Crippen LogP contribution in [0.15, 0.2) is 24.3 Å². The average Bonchev–Trinajstić information content (AvgIpc) is 3.33. The molecule has 0 aliphatic heterocycles. The summed E-state index contributed by atoms with van der Waals surface area (Å²) in [5.41, 5.74) is 0.938. The van der Waals surface area contributed by atoms with Gasteiger partial charge in [0.05, 0.1) is 18.4 Å². The summed E-state index contributed by atoms with van der Waals surface area (Å²) in [6.45, 7) is 7.69. The molecule has 0 amide bonds. The molecule has 0 unspecified atom stereocenters. The van der Waals surface area contributed by atoms with E-state index in [9.17, 15) is 8.42 Å². The summed E-state index contributed by atoms with van der Waals surface area (Å²) in [4.78, 5) is 1.60. The van der Waals surface area contributed by atoms with Crippen molar-refractivity contribution in [3.8, 4) is 17.1 Å². The van der Waals surface area contributed by atoms with E-state index >= 15 is 0 Å². The molecule has 1 aromatic heterocycles. The molecule has 0 bridgehead atoms. The molecule has 0 saturated heterocycles. The summed E-state index contributed by atoms with van der Waals surface area (Å²) >= 11 is 0. The highest BCUT2D eigenvalue weighted by molar-refractivity contribution is 7.90. The van der Waals surface area contributed by atoms with Crippen LogP contribution in [0.3, 0.4) is 0 Å². The highest BCUT2D eigenvalue weighted by Gasteiger charge is 2.35. The van der Waals surface area contributed by atoms with Crippen LogP contribution >= 0.6 is 0 Å². The van der Waals surface area contributed by atoms with E-state index in [-0.39, 0.29) is 17.3 Å². The molecule has 8 nitrogen and oxygen atoms in total. The number of hydrogen-bond donors (Lipinski definition) is 1. The molecule has 144 valence electrons. The van der Waals surface area contributed by atoms with Crippen LogP contribution in [0.5, 0.6) is 5.75 Å². The Hall–Kier alpha value is -2.00. The van der Waals surface area contributed by atoms with Gasteiger partial charge in [-0.15, -0.1) is 10.2 Å². The first-order valence-corrected chi connectivity index (χ1v) is 10.2. The van der Waals surface area contributed by atoms with Gasteiger partial charge in [0.15, 0.2) is 0 Å². The van der Waals surface area contributed by atoms with Gasteiger partial charge in [-0.25, -0.2) is 13.1 Å². The molecule has 1 aromatic carbocycles. The molecule has 26 heavy (non-hydrogen) atoms. The third kappa shape index (κ3) is 5.77. The summed E-state index contributed by atoms with van der Waals surface area (Å²) in [7, 11) is -1.30. The van der Waals surface area contributed by atoms with Crippen molar-refractivity contribution in [1.29, 1.82) is 0 Å². The summed E-state index contributed by atoms with van der Waals surface area (Å²) in [5.74, 6) is 1.45. The zero-order valence-corrected chi connectivity index (χ0v) is 16.7. The smallest absolute Gasteiger partial charge is 0.214 e. The Kier molecular flexibility index (Phi) is 6.71. The van der Waals surface area contributed by atoms with E-state index in [2.05, 4.69) is 20.1 Å². The van der Waals surface area contributed by atoms with Crippen molar-refractivity contribution < 1.29 is 13.2 Å². The number of benzene rings is 1. The van der Waals surface area contributed by atoms with Crippen LogP contribution in [0.1, 0.15) is 46.6 Å². The van der Waals surface area contributed by atoms with Gasteiger partial charge in [0.25, 0.3) is 0 Å². The van der Waals surface area contributed by atoms with Crippen molar-refractivity contribution in [3.05, 3.63) is 24.3 Å². The molecule has 0 radical (unpaired) electrons. The number of nitrogens with one attached hydrogen (secondary N) is 1. The lowest BCUT2D eigenvalue weighted by atomic mass is 10.2. The Morgan fingerprint density at radius 3 is 2.19 bits per heavy atom. The Bertz CT molecular complexity index is 796. The molecule has 3 rings (SSSR count). The van der Waals surface area contributed by atoms with Crippen molar-refractivity contribution in [1.82, 2.24) is 24.9 Å². The highest BCUT2D eigenvalue weighted by atomic mass is 32.2. The van der Waals surface area contributed by atoms with Crippen LogP contribution in [0, 0.1) is 0 Å². The van der Waals surface area contributed by atoms with Gasteiger partial charge in [-0.3, -0.25) is 0 Å². The molecule has 1 fully saturated rings. The molecule has 0 spiro atoms. The van der Waals surface area contributed by atoms with Crippen molar-refractivity contribution in [2.75, 3.05) is 7.11 Å². The minimum Gasteiger partial charge on any atom is -0.497 e. The number of hydrogen-bond acceptors (Lipinski definition) is 6. The van der Waals surface area contributed by atoms with Crippen molar-refractivity contribution in [2.24, 2.45) is 0 Å². The van der Waals surface area contributed by atoms with Crippen LogP contribution in [-0.2, 0) is 10.0 Å². The number of methoxy groups -OCH3 is 1. The number of nitrogens with zero attached hydrogens (tertiary/aromatic N) is 4. The molecule has 0 atom stereocenters. The van der Waals surface area contributed by atoms with Crippen LogP contribution in [0.2, 0.25) is 0 Å². The summed E-state index contributed by atoms with van der Waals surface area (Å²) in [6.07, 6.45) is 1.67. The van der Waals surface area contributed by atoms with Gasteiger partial charge in [-0.1, -0.05) is 0 Å². The second kappa shape index (κ2) is 8.59. The number of ether oxygens (including phenoxy) is 1. The van der Waals surface area contributed by atoms with E-state index in [1.807, 2.05) is 52.0 Å². The summed E-state index contributed by atoms with van der Waals surface area (Å²) < 4.78 is 29.8. The summed E-state index contributed by atoms with van der Waals surface area (Å²) in [6, 6.07) is 7.85. The van der Waals surface area contributed by atoms with Crippen LogP contribution in [-0.4, -0.2) is 47.0 Å². The van der Waals surface area contributed by atoms with Crippen molar-refractivity contribution in [2.45, 2.75) is 57.9 Å². The standard InChI is InChI=1S/C11H14N4O.C6H13NO2S/c1-8(2)15-13-11(12-14-15)9-4-6-10(16-3)7-5-9;1-5(2)7-10(8,9)6-3-4-6/h4-8H,1-3H3;5-7H,3-4H2,1-2H3. The average molecular weight is 382 g/mol. The maximum Gasteiger partial charge on any atom is 0.214 e. The molecular weight excluding hydrogens is 354 g/mol. The van der Waals surface area contributed by atoms with E-state index < -0.39 is 10.0 Å². The van der Waals surface area contributed by atoms with Gasteiger partial charge in [0.2, 0.25) is 15.8 Å². The molecule has 1 saturated carbocycles. The Morgan fingerprint density at radius 2 is 1.77 bits per heavy atom. The molecular formula is C17H27N5O3S.